The summed E-state index contributed by atoms with van der Waals surface area (Å²) >= 11 is 6.16. The van der Waals surface area contributed by atoms with E-state index in [1.54, 1.807) is 11.1 Å². The summed E-state index contributed by atoms with van der Waals surface area (Å²) in [5, 5.41) is 5.37. The Hall–Kier alpha value is -2.58. The number of likely N-dealkylation sites (tertiary alicyclic amines) is 1. The maximum absolute atomic E-state index is 13.9. The number of hydrogen-bond donors (Lipinski definition) is 0. The molecule has 0 atom stereocenters. The average molecular weight is 556 g/mol. The number of aromatic nitrogens is 2. The van der Waals surface area contributed by atoms with Crippen LogP contribution < -0.4 is 0 Å². The van der Waals surface area contributed by atoms with Gasteiger partial charge in [0.05, 0.1) is 23.1 Å². The lowest BCUT2D eigenvalue weighted by Gasteiger charge is -2.41. The molecule has 3 aliphatic rings. The van der Waals surface area contributed by atoms with E-state index in [9.17, 15) is 9.59 Å². The van der Waals surface area contributed by atoms with Crippen molar-refractivity contribution in [2.45, 2.75) is 83.3 Å². The van der Waals surface area contributed by atoms with Crippen LogP contribution in [0.1, 0.15) is 87.7 Å². The van der Waals surface area contributed by atoms with Crippen molar-refractivity contribution in [1.29, 1.82) is 0 Å². The number of benzene rings is 1. The Morgan fingerprint density at radius 3 is 2.13 bits per heavy atom. The van der Waals surface area contributed by atoms with Crippen molar-refractivity contribution in [3.8, 4) is 5.69 Å². The van der Waals surface area contributed by atoms with Crippen LogP contribution in [-0.4, -0.2) is 87.4 Å². The Morgan fingerprint density at radius 2 is 1.51 bits per heavy atom. The second kappa shape index (κ2) is 11.9. The summed E-state index contributed by atoms with van der Waals surface area (Å²) in [6.07, 6.45) is 9.52. The summed E-state index contributed by atoms with van der Waals surface area (Å²) in [5.41, 5.74) is 1.96. The lowest BCUT2D eigenvalue weighted by Crippen LogP contribution is -2.52. The SMILES string of the molecule is CC(C)(C)OC(=O)N1CCC(c2c(C(=O)N3CCN(C4CCCCC4)CC3)cnn2-c2ccc(Cl)cc2)CC1. The number of carbonyl (C=O) groups excluding carboxylic acids is 2. The molecular formula is C30H42ClN5O3. The van der Waals surface area contributed by atoms with E-state index in [-0.39, 0.29) is 17.9 Å². The number of rotatable bonds is 4. The molecule has 3 heterocycles. The van der Waals surface area contributed by atoms with Crippen LogP contribution in [0.2, 0.25) is 5.02 Å². The van der Waals surface area contributed by atoms with Gasteiger partial charge in [0, 0.05) is 56.3 Å². The maximum atomic E-state index is 13.9. The van der Waals surface area contributed by atoms with E-state index in [0.29, 0.717) is 29.7 Å². The molecule has 2 amide bonds. The normalized spacial score (nSPS) is 20.3. The van der Waals surface area contributed by atoms with Gasteiger partial charge in [-0.2, -0.15) is 5.10 Å². The highest BCUT2D eigenvalue weighted by Gasteiger charge is 2.34. The molecule has 0 N–H and O–H groups in total. The number of piperidine rings is 1. The molecule has 1 saturated carbocycles. The van der Waals surface area contributed by atoms with E-state index >= 15 is 0 Å². The third kappa shape index (κ3) is 6.60. The van der Waals surface area contributed by atoms with Crippen LogP contribution in [0.3, 0.4) is 0 Å². The van der Waals surface area contributed by atoms with E-state index in [1.807, 2.05) is 54.6 Å². The number of ether oxygens (including phenoxy) is 1. The minimum absolute atomic E-state index is 0.0584. The van der Waals surface area contributed by atoms with Crippen LogP contribution >= 0.6 is 11.6 Å². The van der Waals surface area contributed by atoms with Crippen LogP contribution in [-0.2, 0) is 4.74 Å². The first-order valence-corrected chi connectivity index (χ1v) is 14.9. The van der Waals surface area contributed by atoms with Crippen molar-refractivity contribution in [3.05, 3.63) is 46.7 Å². The Bertz CT molecular complexity index is 1140. The Labute approximate surface area is 237 Å². The predicted molar refractivity (Wildman–Crippen MR) is 153 cm³/mol. The molecule has 9 heteroatoms. The highest BCUT2D eigenvalue weighted by Crippen LogP contribution is 2.34. The highest BCUT2D eigenvalue weighted by molar-refractivity contribution is 6.30. The first kappa shape index (κ1) is 28.0. The summed E-state index contributed by atoms with van der Waals surface area (Å²) in [4.78, 5) is 32.9. The first-order valence-electron chi connectivity index (χ1n) is 14.5. The molecule has 3 fully saturated rings. The number of amides is 2. The van der Waals surface area contributed by atoms with Crippen LogP contribution in [0.5, 0.6) is 0 Å². The lowest BCUT2D eigenvalue weighted by atomic mass is 9.90. The zero-order valence-corrected chi connectivity index (χ0v) is 24.3. The molecule has 39 heavy (non-hydrogen) atoms. The molecule has 2 aromatic rings. The highest BCUT2D eigenvalue weighted by atomic mass is 35.5. The van der Waals surface area contributed by atoms with Gasteiger partial charge in [-0.25, -0.2) is 9.48 Å². The first-order chi connectivity index (χ1) is 18.7. The zero-order chi connectivity index (χ0) is 27.6. The molecular weight excluding hydrogens is 514 g/mol. The Morgan fingerprint density at radius 1 is 0.872 bits per heavy atom. The van der Waals surface area contributed by atoms with E-state index in [4.69, 9.17) is 21.4 Å². The third-order valence-electron chi connectivity index (χ3n) is 8.33. The van der Waals surface area contributed by atoms with Gasteiger partial charge in [-0.1, -0.05) is 30.9 Å². The van der Waals surface area contributed by atoms with Crippen molar-refractivity contribution in [1.82, 2.24) is 24.5 Å². The minimum Gasteiger partial charge on any atom is -0.444 e. The maximum Gasteiger partial charge on any atom is 0.410 e. The molecule has 0 bridgehead atoms. The number of nitrogens with zero attached hydrogens (tertiary/aromatic N) is 5. The fourth-order valence-electron chi connectivity index (χ4n) is 6.27. The molecule has 2 aliphatic heterocycles. The monoisotopic (exact) mass is 555 g/mol. The largest absolute Gasteiger partial charge is 0.444 e. The van der Waals surface area contributed by atoms with Gasteiger partial charge in [-0.3, -0.25) is 9.69 Å². The number of halogens is 1. The Balaban J connectivity index is 1.33. The van der Waals surface area contributed by atoms with Crippen LogP contribution in [0, 0.1) is 0 Å². The zero-order valence-electron chi connectivity index (χ0n) is 23.6. The predicted octanol–water partition coefficient (Wildman–Crippen LogP) is 5.73. The molecule has 1 aliphatic carbocycles. The van der Waals surface area contributed by atoms with Gasteiger partial charge >= 0.3 is 6.09 Å². The van der Waals surface area contributed by atoms with Gasteiger partial charge in [-0.05, 0) is 70.7 Å². The molecule has 212 valence electrons. The molecule has 0 unspecified atom stereocenters. The van der Waals surface area contributed by atoms with Crippen molar-refractivity contribution < 1.29 is 14.3 Å². The van der Waals surface area contributed by atoms with Gasteiger partial charge in [0.2, 0.25) is 0 Å². The summed E-state index contributed by atoms with van der Waals surface area (Å²) in [6.45, 7) is 10.2. The fourth-order valence-corrected chi connectivity index (χ4v) is 6.40. The van der Waals surface area contributed by atoms with Gasteiger partial charge in [0.25, 0.3) is 5.91 Å². The fraction of sp³-hybridized carbons (Fsp3) is 0.633. The van der Waals surface area contributed by atoms with Gasteiger partial charge in [-0.15, -0.1) is 0 Å². The van der Waals surface area contributed by atoms with Crippen molar-refractivity contribution in [2.24, 2.45) is 0 Å². The summed E-state index contributed by atoms with van der Waals surface area (Å²) < 4.78 is 7.49. The molecule has 1 aromatic heterocycles. The smallest absolute Gasteiger partial charge is 0.410 e. The van der Waals surface area contributed by atoms with Gasteiger partial charge in [0.15, 0.2) is 0 Å². The third-order valence-corrected chi connectivity index (χ3v) is 8.59. The number of piperazine rings is 1. The topological polar surface area (TPSA) is 70.9 Å². The molecule has 0 spiro atoms. The number of carbonyl (C=O) groups is 2. The van der Waals surface area contributed by atoms with Crippen molar-refractivity contribution >= 4 is 23.6 Å². The van der Waals surface area contributed by atoms with Gasteiger partial charge < -0.3 is 14.5 Å². The van der Waals surface area contributed by atoms with Crippen LogP contribution in [0.15, 0.2) is 30.5 Å². The van der Waals surface area contributed by atoms with Crippen molar-refractivity contribution in [2.75, 3.05) is 39.3 Å². The van der Waals surface area contributed by atoms with Crippen LogP contribution in [0.25, 0.3) is 5.69 Å². The van der Waals surface area contributed by atoms with E-state index in [1.165, 1.54) is 32.1 Å². The lowest BCUT2D eigenvalue weighted by molar-refractivity contribution is 0.0202. The quantitative estimate of drug-likeness (QED) is 0.482. The molecule has 5 rings (SSSR count). The molecule has 1 aromatic carbocycles. The second-order valence-corrected chi connectivity index (χ2v) is 12.6. The standard InChI is InChI=1S/C30H42ClN5O3/c1-30(2,3)39-29(38)35-15-13-22(14-16-35)27-26(21-32-36(27)25-11-9-23(31)10-12-25)28(37)34-19-17-33(18-20-34)24-7-5-4-6-8-24/h9-12,21-22,24H,4-8,13-20H2,1-3H3. The summed E-state index contributed by atoms with van der Waals surface area (Å²) in [5.74, 6) is 0.160. The minimum atomic E-state index is -0.526. The second-order valence-electron chi connectivity index (χ2n) is 12.2. The summed E-state index contributed by atoms with van der Waals surface area (Å²) in [7, 11) is 0. The van der Waals surface area contributed by atoms with Gasteiger partial charge in [0.1, 0.15) is 5.60 Å². The van der Waals surface area contributed by atoms with E-state index in [0.717, 1.165) is 50.4 Å². The number of hydrogen-bond acceptors (Lipinski definition) is 5. The van der Waals surface area contributed by atoms with Crippen molar-refractivity contribution in [3.63, 3.8) is 0 Å². The Kier molecular flexibility index (Phi) is 8.52. The average Bonchev–Trinajstić information content (AvgIpc) is 3.38. The van der Waals surface area contributed by atoms with E-state index in [2.05, 4.69) is 4.90 Å². The molecule has 0 radical (unpaired) electrons. The molecule has 2 saturated heterocycles. The van der Waals surface area contributed by atoms with E-state index < -0.39 is 5.60 Å². The van der Waals surface area contributed by atoms with Crippen LogP contribution in [0.4, 0.5) is 4.79 Å². The molecule has 8 nitrogen and oxygen atoms in total. The summed E-state index contributed by atoms with van der Waals surface area (Å²) in [6, 6.07) is 8.24.